The molecule has 1 fully saturated rings. The van der Waals surface area contributed by atoms with Gasteiger partial charge >= 0.3 is 5.97 Å². The maximum Gasteiger partial charge on any atom is 0.335 e. The van der Waals surface area contributed by atoms with Gasteiger partial charge in [-0.05, 0) is 65.3 Å². The molecule has 1 aliphatic heterocycles. The van der Waals surface area contributed by atoms with Crippen LogP contribution >= 0.6 is 0 Å². The summed E-state index contributed by atoms with van der Waals surface area (Å²) in [5, 5.41) is 9.37. The summed E-state index contributed by atoms with van der Waals surface area (Å²) in [6.07, 6.45) is 1.00. The predicted molar refractivity (Wildman–Crippen MR) is 127 cm³/mol. The molecule has 1 aliphatic rings. The SMILES string of the molecule is C[C@H]1CN(Cc2cccc(OCc3ccccc3)c2)CC[C@@]1(C)c1cccc(C(=O)O)c1. The van der Waals surface area contributed by atoms with Crippen LogP contribution in [-0.4, -0.2) is 29.1 Å². The second kappa shape index (κ2) is 9.58. The van der Waals surface area contributed by atoms with E-state index in [2.05, 4.69) is 55.1 Å². The molecule has 1 N–H and O–H groups in total. The number of piperidine rings is 1. The monoisotopic (exact) mass is 429 g/mol. The number of likely N-dealkylation sites (tertiary alicyclic amines) is 1. The molecule has 0 aromatic heterocycles. The fourth-order valence-corrected chi connectivity index (χ4v) is 4.63. The highest BCUT2D eigenvalue weighted by molar-refractivity contribution is 5.87. The summed E-state index contributed by atoms with van der Waals surface area (Å²) in [5.74, 6) is 0.444. The molecule has 0 unspecified atom stereocenters. The lowest BCUT2D eigenvalue weighted by atomic mass is 9.68. The lowest BCUT2D eigenvalue weighted by molar-refractivity contribution is 0.0696. The van der Waals surface area contributed by atoms with Crippen molar-refractivity contribution < 1.29 is 14.6 Å². The lowest BCUT2D eigenvalue weighted by Crippen LogP contribution is -2.47. The normalized spacial score (nSPS) is 21.2. The zero-order valence-electron chi connectivity index (χ0n) is 18.8. The van der Waals surface area contributed by atoms with Gasteiger partial charge in [0.1, 0.15) is 12.4 Å². The molecule has 32 heavy (non-hydrogen) atoms. The maximum atomic E-state index is 11.4. The second-order valence-electron chi connectivity index (χ2n) is 9.11. The zero-order chi connectivity index (χ0) is 22.6. The Labute approximate surface area is 190 Å². The van der Waals surface area contributed by atoms with Gasteiger partial charge in [-0.2, -0.15) is 0 Å². The molecule has 0 radical (unpaired) electrons. The van der Waals surface area contributed by atoms with Gasteiger partial charge in [0.15, 0.2) is 0 Å². The van der Waals surface area contributed by atoms with Crippen LogP contribution in [0.15, 0.2) is 78.9 Å². The topological polar surface area (TPSA) is 49.8 Å². The van der Waals surface area contributed by atoms with Gasteiger partial charge in [0.05, 0.1) is 5.56 Å². The quantitative estimate of drug-likeness (QED) is 0.518. The van der Waals surface area contributed by atoms with E-state index in [4.69, 9.17) is 4.74 Å². The average Bonchev–Trinajstić information content (AvgIpc) is 2.81. The van der Waals surface area contributed by atoms with Gasteiger partial charge in [-0.3, -0.25) is 4.90 Å². The smallest absolute Gasteiger partial charge is 0.335 e. The summed E-state index contributed by atoms with van der Waals surface area (Å²) in [6.45, 7) is 7.96. The second-order valence-corrected chi connectivity index (χ2v) is 9.11. The van der Waals surface area contributed by atoms with Gasteiger partial charge in [-0.15, -0.1) is 0 Å². The van der Waals surface area contributed by atoms with Crippen molar-refractivity contribution >= 4 is 5.97 Å². The van der Waals surface area contributed by atoms with Crippen molar-refractivity contribution in [2.45, 2.75) is 38.8 Å². The molecular formula is C28H31NO3. The number of hydrogen-bond donors (Lipinski definition) is 1. The number of carbonyl (C=O) groups is 1. The molecule has 2 atom stereocenters. The number of aromatic carboxylic acids is 1. The molecule has 1 heterocycles. The van der Waals surface area contributed by atoms with E-state index in [0.717, 1.165) is 42.9 Å². The van der Waals surface area contributed by atoms with Crippen molar-refractivity contribution in [1.82, 2.24) is 4.90 Å². The fourth-order valence-electron chi connectivity index (χ4n) is 4.63. The fraction of sp³-hybridized carbons (Fsp3) is 0.321. The minimum absolute atomic E-state index is 0.0252. The molecule has 1 saturated heterocycles. The summed E-state index contributed by atoms with van der Waals surface area (Å²) < 4.78 is 6.00. The number of nitrogens with zero attached hydrogens (tertiary/aromatic N) is 1. The van der Waals surface area contributed by atoms with Crippen molar-refractivity contribution in [1.29, 1.82) is 0 Å². The Hall–Kier alpha value is -3.11. The molecule has 0 saturated carbocycles. The Morgan fingerprint density at radius 3 is 2.53 bits per heavy atom. The van der Waals surface area contributed by atoms with Crippen LogP contribution in [0.4, 0.5) is 0 Å². The molecule has 3 aromatic carbocycles. The highest BCUT2D eigenvalue weighted by Gasteiger charge is 2.38. The molecule has 166 valence electrons. The van der Waals surface area contributed by atoms with Crippen LogP contribution in [0.2, 0.25) is 0 Å². The first-order chi connectivity index (χ1) is 15.4. The van der Waals surface area contributed by atoms with Crippen molar-refractivity contribution in [2.75, 3.05) is 13.1 Å². The third-order valence-electron chi connectivity index (χ3n) is 6.89. The van der Waals surface area contributed by atoms with Crippen LogP contribution in [0, 0.1) is 5.92 Å². The van der Waals surface area contributed by atoms with Crippen molar-refractivity contribution in [3.8, 4) is 5.75 Å². The van der Waals surface area contributed by atoms with Gasteiger partial charge in [-0.25, -0.2) is 4.79 Å². The highest BCUT2D eigenvalue weighted by Crippen LogP contribution is 2.40. The maximum absolute atomic E-state index is 11.4. The highest BCUT2D eigenvalue weighted by atomic mass is 16.5. The molecule has 0 aliphatic carbocycles. The minimum atomic E-state index is -0.866. The molecule has 4 nitrogen and oxygen atoms in total. The summed E-state index contributed by atoms with van der Waals surface area (Å²) in [4.78, 5) is 13.9. The van der Waals surface area contributed by atoms with Gasteiger partial charge in [0.2, 0.25) is 0 Å². The molecule has 0 amide bonds. The standard InChI is InChI=1S/C28H31NO3/c1-21-18-29(15-14-28(21,2)25-12-7-11-24(17-25)27(30)31)19-23-10-6-13-26(16-23)32-20-22-8-4-3-5-9-22/h3-13,16-17,21H,14-15,18-20H2,1-2H3,(H,30,31)/t21-,28+/m0/s1. The molecule has 0 bridgehead atoms. The summed E-state index contributed by atoms with van der Waals surface area (Å²) in [7, 11) is 0. The van der Waals surface area contributed by atoms with Crippen LogP contribution in [0.3, 0.4) is 0 Å². The lowest BCUT2D eigenvalue weighted by Gasteiger charge is -2.45. The molecule has 0 spiro atoms. The van der Waals surface area contributed by atoms with Crippen molar-refractivity contribution in [3.63, 3.8) is 0 Å². The Morgan fingerprint density at radius 2 is 1.78 bits per heavy atom. The predicted octanol–water partition coefficient (Wildman–Crippen LogP) is 5.76. The van der Waals surface area contributed by atoms with Crippen LogP contribution in [-0.2, 0) is 18.6 Å². The Morgan fingerprint density at radius 1 is 1.03 bits per heavy atom. The number of carboxylic acids is 1. The average molecular weight is 430 g/mol. The van der Waals surface area contributed by atoms with Gasteiger partial charge in [0.25, 0.3) is 0 Å². The van der Waals surface area contributed by atoms with E-state index < -0.39 is 5.97 Å². The first kappa shape index (κ1) is 22.1. The van der Waals surface area contributed by atoms with Crippen LogP contribution in [0.25, 0.3) is 0 Å². The first-order valence-corrected chi connectivity index (χ1v) is 11.3. The number of benzene rings is 3. The van der Waals surface area contributed by atoms with E-state index in [1.165, 1.54) is 5.56 Å². The largest absolute Gasteiger partial charge is 0.489 e. The molecule has 4 rings (SSSR count). The third-order valence-corrected chi connectivity index (χ3v) is 6.89. The molecule has 3 aromatic rings. The Bertz CT molecular complexity index is 1070. The van der Waals surface area contributed by atoms with Crippen LogP contribution in [0.5, 0.6) is 5.75 Å². The third kappa shape index (κ3) is 5.03. The number of ether oxygens (including phenoxy) is 1. The van der Waals surface area contributed by atoms with Crippen molar-refractivity contribution in [3.05, 3.63) is 101 Å². The van der Waals surface area contributed by atoms with Gasteiger partial charge in [-0.1, -0.05) is 68.4 Å². The van der Waals surface area contributed by atoms with Gasteiger partial charge in [0, 0.05) is 13.1 Å². The van der Waals surface area contributed by atoms with Crippen molar-refractivity contribution in [2.24, 2.45) is 5.92 Å². The summed E-state index contributed by atoms with van der Waals surface area (Å²) in [6, 6.07) is 26.0. The molecular weight excluding hydrogens is 398 g/mol. The summed E-state index contributed by atoms with van der Waals surface area (Å²) >= 11 is 0. The van der Waals surface area contributed by atoms with E-state index in [1.807, 2.05) is 36.4 Å². The van der Waals surface area contributed by atoms with E-state index in [9.17, 15) is 9.90 Å². The van der Waals surface area contributed by atoms with Crippen LogP contribution in [0.1, 0.15) is 47.3 Å². The number of carboxylic acid groups (broad SMARTS) is 1. The zero-order valence-corrected chi connectivity index (χ0v) is 18.8. The van der Waals surface area contributed by atoms with E-state index in [-0.39, 0.29) is 5.41 Å². The van der Waals surface area contributed by atoms with E-state index in [1.54, 1.807) is 6.07 Å². The molecule has 4 heteroatoms. The van der Waals surface area contributed by atoms with E-state index in [0.29, 0.717) is 18.1 Å². The van der Waals surface area contributed by atoms with Crippen LogP contribution < -0.4 is 4.74 Å². The Balaban J connectivity index is 1.39. The number of hydrogen-bond acceptors (Lipinski definition) is 3. The minimum Gasteiger partial charge on any atom is -0.489 e. The van der Waals surface area contributed by atoms with Gasteiger partial charge < -0.3 is 9.84 Å². The first-order valence-electron chi connectivity index (χ1n) is 11.3. The number of rotatable bonds is 7. The summed E-state index contributed by atoms with van der Waals surface area (Å²) in [5.41, 5.74) is 3.88. The van der Waals surface area contributed by atoms with E-state index >= 15 is 0 Å². The Kier molecular flexibility index (Phi) is 6.61.